The van der Waals surface area contributed by atoms with E-state index in [1.807, 2.05) is 0 Å². The third-order valence-corrected chi connectivity index (χ3v) is 2.55. The van der Waals surface area contributed by atoms with Gasteiger partial charge in [-0.15, -0.1) is 6.42 Å². The average Bonchev–Trinajstić information content (AvgIpc) is 2.61. The molecular formula is C11H14O6. The summed E-state index contributed by atoms with van der Waals surface area (Å²) in [5.74, 6) is -1.19. The van der Waals surface area contributed by atoms with Crippen LogP contribution in [0.5, 0.6) is 0 Å². The first-order chi connectivity index (χ1) is 8.01. The Kier molecular flexibility index (Phi) is 4.49. The highest BCUT2D eigenvalue weighted by Crippen LogP contribution is 2.30. The van der Waals surface area contributed by atoms with Crippen molar-refractivity contribution in [3.05, 3.63) is 0 Å². The van der Waals surface area contributed by atoms with Crippen molar-refractivity contribution in [1.29, 1.82) is 0 Å². The van der Waals surface area contributed by atoms with Crippen molar-refractivity contribution in [1.82, 2.24) is 0 Å². The number of carbonyl (C=O) groups is 2. The van der Waals surface area contributed by atoms with Gasteiger partial charge in [0.05, 0.1) is 6.61 Å². The fraction of sp³-hybridized carbons (Fsp3) is 0.636. The number of carboxylic acids is 1. The molecule has 4 atom stereocenters. The molecule has 1 aliphatic rings. The van der Waals surface area contributed by atoms with Crippen LogP contribution in [0.4, 0.5) is 0 Å². The summed E-state index contributed by atoms with van der Waals surface area (Å²) in [5, 5.41) is 8.97. The van der Waals surface area contributed by atoms with Crippen molar-refractivity contribution < 1.29 is 28.9 Å². The van der Waals surface area contributed by atoms with Gasteiger partial charge < -0.3 is 19.3 Å². The lowest BCUT2D eigenvalue weighted by Crippen LogP contribution is -2.38. The van der Waals surface area contributed by atoms with E-state index in [0.717, 1.165) is 0 Å². The Labute approximate surface area is 98.8 Å². The summed E-state index contributed by atoms with van der Waals surface area (Å²) in [6.07, 6.45) is 3.59. The van der Waals surface area contributed by atoms with E-state index in [1.165, 1.54) is 14.0 Å². The van der Waals surface area contributed by atoms with E-state index in [2.05, 4.69) is 5.92 Å². The number of rotatable bonds is 4. The Morgan fingerprint density at radius 2 is 2.24 bits per heavy atom. The normalized spacial score (nSPS) is 29.4. The second-order valence-electron chi connectivity index (χ2n) is 3.66. The van der Waals surface area contributed by atoms with Gasteiger partial charge in [-0.05, 0) is 0 Å². The molecule has 0 bridgehead atoms. The molecule has 1 saturated heterocycles. The smallest absolute Gasteiger partial charge is 0.319 e. The van der Waals surface area contributed by atoms with Crippen molar-refractivity contribution in [2.24, 2.45) is 11.8 Å². The van der Waals surface area contributed by atoms with Crippen LogP contribution in [-0.2, 0) is 23.8 Å². The molecule has 1 rings (SSSR count). The molecule has 94 valence electrons. The topological polar surface area (TPSA) is 82.1 Å². The summed E-state index contributed by atoms with van der Waals surface area (Å²) in [5.41, 5.74) is 0. The van der Waals surface area contributed by atoms with Crippen molar-refractivity contribution >= 4 is 11.9 Å². The predicted octanol–water partition coefficient (Wildman–Crippen LogP) is -0.129. The maximum Gasteiger partial charge on any atom is 0.319 e. The Morgan fingerprint density at radius 1 is 1.59 bits per heavy atom. The van der Waals surface area contributed by atoms with E-state index in [9.17, 15) is 9.59 Å². The molecule has 0 aromatic rings. The van der Waals surface area contributed by atoms with Crippen LogP contribution in [0, 0.1) is 24.2 Å². The fourth-order valence-corrected chi connectivity index (χ4v) is 1.80. The Balaban J connectivity index is 2.87. The van der Waals surface area contributed by atoms with Gasteiger partial charge in [-0.1, -0.05) is 5.92 Å². The van der Waals surface area contributed by atoms with Crippen molar-refractivity contribution in [3.63, 3.8) is 0 Å². The molecule has 0 aromatic heterocycles. The molecule has 1 aliphatic heterocycles. The minimum atomic E-state index is -1.14. The van der Waals surface area contributed by atoms with Gasteiger partial charge in [-0.25, -0.2) is 0 Å². The lowest BCUT2D eigenvalue weighted by Gasteiger charge is -2.23. The Morgan fingerprint density at radius 3 is 2.65 bits per heavy atom. The average molecular weight is 242 g/mol. The lowest BCUT2D eigenvalue weighted by atomic mass is 9.90. The molecule has 6 nitrogen and oxygen atoms in total. The lowest BCUT2D eigenvalue weighted by molar-refractivity contribution is -0.174. The molecule has 1 N–H and O–H groups in total. The van der Waals surface area contributed by atoms with E-state index < -0.39 is 36.2 Å². The highest BCUT2D eigenvalue weighted by molar-refractivity contribution is 5.74. The van der Waals surface area contributed by atoms with Crippen LogP contribution in [0.25, 0.3) is 0 Å². The summed E-state index contributed by atoms with van der Waals surface area (Å²) in [6, 6.07) is 0. The first kappa shape index (κ1) is 13.5. The number of hydrogen-bond acceptors (Lipinski definition) is 5. The molecule has 1 heterocycles. The van der Waals surface area contributed by atoms with Gasteiger partial charge in [0.2, 0.25) is 0 Å². The summed E-state index contributed by atoms with van der Waals surface area (Å²) in [7, 11) is 1.38. The van der Waals surface area contributed by atoms with Gasteiger partial charge in [0.1, 0.15) is 5.92 Å². The minimum Gasteiger partial charge on any atom is -0.480 e. The predicted molar refractivity (Wildman–Crippen MR) is 55.8 cm³/mol. The largest absolute Gasteiger partial charge is 0.480 e. The van der Waals surface area contributed by atoms with Crippen LogP contribution in [0.1, 0.15) is 6.92 Å². The Hall–Kier alpha value is -1.58. The van der Waals surface area contributed by atoms with Gasteiger partial charge in [-0.3, -0.25) is 9.59 Å². The van der Waals surface area contributed by atoms with Gasteiger partial charge in [0.15, 0.2) is 12.4 Å². The highest BCUT2D eigenvalue weighted by Gasteiger charge is 2.46. The van der Waals surface area contributed by atoms with Gasteiger partial charge in [0, 0.05) is 20.0 Å². The number of esters is 1. The number of carbonyl (C=O) groups excluding carboxylic acids is 1. The fourth-order valence-electron chi connectivity index (χ4n) is 1.80. The van der Waals surface area contributed by atoms with Crippen molar-refractivity contribution in [2.45, 2.75) is 19.3 Å². The zero-order valence-corrected chi connectivity index (χ0v) is 9.58. The van der Waals surface area contributed by atoms with E-state index in [4.69, 9.17) is 25.7 Å². The molecule has 0 aromatic carbocycles. The summed E-state index contributed by atoms with van der Waals surface area (Å²) in [6.45, 7) is 1.31. The van der Waals surface area contributed by atoms with Gasteiger partial charge >= 0.3 is 11.9 Å². The Bertz CT molecular complexity index is 344. The molecular weight excluding hydrogens is 228 g/mol. The zero-order chi connectivity index (χ0) is 13.0. The molecule has 6 heteroatoms. The van der Waals surface area contributed by atoms with E-state index in [0.29, 0.717) is 0 Å². The summed E-state index contributed by atoms with van der Waals surface area (Å²) >= 11 is 0. The summed E-state index contributed by atoms with van der Waals surface area (Å²) < 4.78 is 15.2. The molecule has 0 unspecified atom stereocenters. The van der Waals surface area contributed by atoms with Crippen LogP contribution in [0.2, 0.25) is 0 Å². The van der Waals surface area contributed by atoms with Crippen LogP contribution in [0.15, 0.2) is 0 Å². The molecule has 0 radical (unpaired) electrons. The quantitative estimate of drug-likeness (QED) is 0.546. The highest BCUT2D eigenvalue weighted by atomic mass is 16.7. The number of aliphatic carboxylic acids is 1. The van der Waals surface area contributed by atoms with Crippen LogP contribution in [-0.4, -0.2) is 43.2 Å². The third kappa shape index (κ3) is 2.96. The van der Waals surface area contributed by atoms with Crippen molar-refractivity contribution in [2.75, 3.05) is 13.7 Å². The summed E-state index contributed by atoms with van der Waals surface area (Å²) in [4.78, 5) is 21.9. The standard InChI is InChI=1S/C11H14O6/c1-4-7(10(13)14)8-5-16-11(15-3)9(8)17-6(2)12/h1,7-9,11H,5H2,2-3H3,(H,13,14)/t7-,8-,9+,11+/m0/s1. The van der Waals surface area contributed by atoms with Gasteiger partial charge in [-0.2, -0.15) is 0 Å². The zero-order valence-electron chi connectivity index (χ0n) is 9.58. The number of terminal acetylenes is 1. The molecule has 0 aliphatic carbocycles. The minimum absolute atomic E-state index is 0.0810. The molecule has 0 amide bonds. The maximum atomic E-state index is 11.0. The molecule has 17 heavy (non-hydrogen) atoms. The number of methoxy groups -OCH3 is 1. The molecule has 0 spiro atoms. The monoisotopic (exact) mass is 242 g/mol. The SMILES string of the molecule is C#C[C@H](C(=O)O)[C@@H]1CO[C@@H](OC)[C@@H]1OC(C)=O. The number of hydrogen-bond donors (Lipinski definition) is 1. The van der Waals surface area contributed by atoms with Gasteiger partial charge in [0.25, 0.3) is 0 Å². The number of ether oxygens (including phenoxy) is 3. The van der Waals surface area contributed by atoms with Crippen LogP contribution >= 0.6 is 0 Å². The number of carboxylic acid groups (broad SMARTS) is 1. The third-order valence-electron chi connectivity index (χ3n) is 2.55. The van der Waals surface area contributed by atoms with E-state index >= 15 is 0 Å². The van der Waals surface area contributed by atoms with E-state index in [-0.39, 0.29) is 6.61 Å². The second-order valence-corrected chi connectivity index (χ2v) is 3.66. The van der Waals surface area contributed by atoms with E-state index in [1.54, 1.807) is 0 Å². The first-order valence-electron chi connectivity index (χ1n) is 5.01. The molecule has 1 fully saturated rings. The first-order valence-corrected chi connectivity index (χ1v) is 5.01. The van der Waals surface area contributed by atoms with Crippen LogP contribution < -0.4 is 0 Å². The second kappa shape index (κ2) is 5.66. The van der Waals surface area contributed by atoms with Crippen LogP contribution in [0.3, 0.4) is 0 Å². The van der Waals surface area contributed by atoms with Crippen molar-refractivity contribution in [3.8, 4) is 12.3 Å². The molecule has 0 saturated carbocycles. The maximum absolute atomic E-state index is 11.0.